The van der Waals surface area contributed by atoms with Crippen LogP contribution in [-0.4, -0.2) is 35.1 Å². The number of likely N-dealkylation sites (tertiary alicyclic amines) is 1. The number of nitrogens with two attached hydrogens (primary N) is 1. The van der Waals surface area contributed by atoms with Crippen LogP contribution in [0.4, 0.5) is 0 Å². The van der Waals surface area contributed by atoms with Crippen molar-refractivity contribution in [3.05, 3.63) is 35.9 Å². The quantitative estimate of drug-likeness (QED) is 0.790. The lowest BCUT2D eigenvalue weighted by Crippen LogP contribution is -2.45. The van der Waals surface area contributed by atoms with E-state index in [-0.39, 0.29) is 24.6 Å². The minimum Gasteiger partial charge on any atom is -0.393 e. The maximum absolute atomic E-state index is 11.8. The molecule has 0 saturated carbocycles. The van der Waals surface area contributed by atoms with Gasteiger partial charge in [0.1, 0.15) is 0 Å². The van der Waals surface area contributed by atoms with Crippen LogP contribution in [-0.2, 0) is 4.79 Å². The van der Waals surface area contributed by atoms with Gasteiger partial charge < -0.3 is 15.7 Å². The molecule has 1 aliphatic rings. The van der Waals surface area contributed by atoms with Crippen LogP contribution in [0.5, 0.6) is 0 Å². The molecule has 0 bridgehead atoms. The molecule has 92 valence electrons. The summed E-state index contributed by atoms with van der Waals surface area (Å²) >= 11 is 0. The van der Waals surface area contributed by atoms with Crippen LogP contribution in [0.1, 0.15) is 24.4 Å². The smallest absolute Gasteiger partial charge is 0.236 e. The average molecular weight is 234 g/mol. The fraction of sp³-hybridized carbons (Fsp3) is 0.462. The number of hydrogen-bond donors (Lipinski definition) is 2. The van der Waals surface area contributed by atoms with Crippen molar-refractivity contribution in [2.24, 2.45) is 5.73 Å². The Kier molecular flexibility index (Phi) is 3.76. The second-order valence-corrected chi connectivity index (χ2v) is 4.40. The summed E-state index contributed by atoms with van der Waals surface area (Å²) in [6.07, 6.45) is 0.896. The fourth-order valence-electron chi connectivity index (χ4n) is 2.35. The van der Waals surface area contributed by atoms with E-state index in [1.165, 1.54) is 0 Å². The van der Waals surface area contributed by atoms with E-state index in [0.29, 0.717) is 19.4 Å². The van der Waals surface area contributed by atoms with Gasteiger partial charge in [-0.3, -0.25) is 4.79 Å². The number of aliphatic hydroxyl groups excluding tert-OH is 1. The summed E-state index contributed by atoms with van der Waals surface area (Å²) in [7, 11) is 0. The van der Waals surface area contributed by atoms with Crippen LogP contribution in [0.25, 0.3) is 0 Å². The molecule has 4 heteroatoms. The van der Waals surface area contributed by atoms with Gasteiger partial charge in [0.15, 0.2) is 0 Å². The summed E-state index contributed by atoms with van der Waals surface area (Å²) < 4.78 is 0. The second-order valence-electron chi connectivity index (χ2n) is 4.40. The fourth-order valence-corrected chi connectivity index (χ4v) is 2.35. The molecular formula is C13H18N2O2. The first-order chi connectivity index (χ1) is 8.22. The molecule has 2 unspecified atom stereocenters. The van der Waals surface area contributed by atoms with E-state index in [1.54, 1.807) is 4.90 Å². The van der Waals surface area contributed by atoms with Crippen molar-refractivity contribution >= 4 is 5.91 Å². The molecule has 0 spiro atoms. The Morgan fingerprint density at radius 3 is 2.76 bits per heavy atom. The lowest BCUT2D eigenvalue weighted by molar-refractivity contribution is -0.135. The number of carbonyl (C=O) groups is 1. The molecule has 1 fully saturated rings. The summed E-state index contributed by atoms with van der Waals surface area (Å²) in [5.74, 6) is -0.0502. The normalized spacial score (nSPS) is 24.7. The highest BCUT2D eigenvalue weighted by molar-refractivity contribution is 5.78. The Balaban J connectivity index is 2.23. The van der Waals surface area contributed by atoms with Gasteiger partial charge in [0.2, 0.25) is 5.91 Å². The van der Waals surface area contributed by atoms with Crippen LogP contribution in [0.15, 0.2) is 30.3 Å². The van der Waals surface area contributed by atoms with Crippen molar-refractivity contribution in [3.63, 3.8) is 0 Å². The summed E-state index contributed by atoms with van der Waals surface area (Å²) in [6.45, 7) is 0.607. The highest BCUT2D eigenvalue weighted by atomic mass is 16.3. The van der Waals surface area contributed by atoms with Gasteiger partial charge in [0.25, 0.3) is 0 Å². The van der Waals surface area contributed by atoms with Crippen molar-refractivity contribution in [1.29, 1.82) is 0 Å². The number of nitrogens with zero attached hydrogens (tertiary/aromatic N) is 1. The average Bonchev–Trinajstić information content (AvgIpc) is 2.39. The van der Waals surface area contributed by atoms with E-state index in [0.717, 1.165) is 5.56 Å². The first-order valence-corrected chi connectivity index (χ1v) is 5.95. The van der Waals surface area contributed by atoms with Crippen molar-refractivity contribution in [2.45, 2.75) is 25.0 Å². The van der Waals surface area contributed by atoms with Gasteiger partial charge in [-0.05, 0) is 18.4 Å². The third-order valence-corrected chi connectivity index (χ3v) is 3.25. The standard InChI is InChI=1S/C13H18N2O2/c14-9-13(17)15-7-6-11(16)8-12(15)10-4-2-1-3-5-10/h1-5,11-12,16H,6-9,14H2. The Bertz CT molecular complexity index is 380. The van der Waals surface area contributed by atoms with Gasteiger partial charge >= 0.3 is 0 Å². The lowest BCUT2D eigenvalue weighted by atomic mass is 9.93. The molecule has 0 aromatic heterocycles. The van der Waals surface area contributed by atoms with E-state index in [9.17, 15) is 9.90 Å². The van der Waals surface area contributed by atoms with Gasteiger partial charge in [-0.2, -0.15) is 0 Å². The van der Waals surface area contributed by atoms with E-state index < -0.39 is 0 Å². The minimum atomic E-state index is -0.331. The molecule has 1 heterocycles. The zero-order valence-corrected chi connectivity index (χ0v) is 9.75. The number of benzene rings is 1. The molecule has 17 heavy (non-hydrogen) atoms. The van der Waals surface area contributed by atoms with Crippen molar-refractivity contribution in [1.82, 2.24) is 4.90 Å². The minimum absolute atomic E-state index is 0.0272. The molecule has 1 saturated heterocycles. The van der Waals surface area contributed by atoms with Gasteiger partial charge in [-0.1, -0.05) is 30.3 Å². The summed E-state index contributed by atoms with van der Waals surface area (Å²) in [4.78, 5) is 13.6. The number of aliphatic hydroxyl groups is 1. The summed E-state index contributed by atoms with van der Waals surface area (Å²) in [5, 5.41) is 9.74. The zero-order chi connectivity index (χ0) is 12.3. The molecule has 4 nitrogen and oxygen atoms in total. The molecule has 0 radical (unpaired) electrons. The van der Waals surface area contributed by atoms with Crippen molar-refractivity contribution in [3.8, 4) is 0 Å². The predicted octanol–water partition coefficient (Wildman–Crippen LogP) is 0.670. The Labute approximate surface area is 101 Å². The summed E-state index contributed by atoms with van der Waals surface area (Å²) in [5.41, 5.74) is 6.49. The van der Waals surface area contributed by atoms with Crippen molar-refractivity contribution in [2.75, 3.05) is 13.1 Å². The molecule has 1 aliphatic heterocycles. The van der Waals surface area contributed by atoms with Crippen LogP contribution in [0.2, 0.25) is 0 Å². The molecule has 2 rings (SSSR count). The van der Waals surface area contributed by atoms with Crippen molar-refractivity contribution < 1.29 is 9.90 Å². The van der Waals surface area contributed by atoms with E-state index in [1.807, 2.05) is 30.3 Å². The maximum atomic E-state index is 11.8. The molecule has 3 N–H and O–H groups in total. The molecule has 0 aliphatic carbocycles. The lowest BCUT2D eigenvalue weighted by Gasteiger charge is -2.38. The van der Waals surface area contributed by atoms with Crippen LogP contribution in [0, 0.1) is 0 Å². The SMILES string of the molecule is NCC(=O)N1CCC(O)CC1c1ccccc1. The van der Waals surface area contributed by atoms with Gasteiger partial charge in [0.05, 0.1) is 18.7 Å². The highest BCUT2D eigenvalue weighted by Gasteiger charge is 2.30. The first kappa shape index (κ1) is 12.1. The largest absolute Gasteiger partial charge is 0.393 e. The monoisotopic (exact) mass is 234 g/mol. The van der Waals surface area contributed by atoms with Crippen LogP contribution < -0.4 is 5.73 Å². The Morgan fingerprint density at radius 2 is 2.12 bits per heavy atom. The van der Waals surface area contributed by atoms with Crippen LogP contribution in [0.3, 0.4) is 0 Å². The van der Waals surface area contributed by atoms with Crippen LogP contribution >= 0.6 is 0 Å². The molecule has 1 aromatic rings. The highest BCUT2D eigenvalue weighted by Crippen LogP contribution is 2.30. The van der Waals surface area contributed by atoms with Gasteiger partial charge in [0, 0.05) is 6.54 Å². The Hall–Kier alpha value is -1.39. The Morgan fingerprint density at radius 1 is 1.41 bits per heavy atom. The summed E-state index contributed by atoms with van der Waals surface area (Å²) in [6, 6.07) is 9.76. The zero-order valence-electron chi connectivity index (χ0n) is 9.75. The van der Waals surface area contributed by atoms with E-state index >= 15 is 0 Å². The number of amides is 1. The first-order valence-electron chi connectivity index (χ1n) is 5.95. The predicted molar refractivity (Wildman–Crippen MR) is 65.2 cm³/mol. The molecule has 1 amide bonds. The maximum Gasteiger partial charge on any atom is 0.236 e. The van der Waals surface area contributed by atoms with E-state index in [2.05, 4.69) is 0 Å². The molecular weight excluding hydrogens is 216 g/mol. The number of rotatable bonds is 2. The topological polar surface area (TPSA) is 66.6 Å². The number of carbonyl (C=O) groups excluding carboxylic acids is 1. The molecule has 2 atom stereocenters. The van der Waals surface area contributed by atoms with Gasteiger partial charge in [-0.15, -0.1) is 0 Å². The number of piperidine rings is 1. The molecule has 1 aromatic carbocycles. The van der Waals surface area contributed by atoms with E-state index in [4.69, 9.17) is 5.73 Å². The number of hydrogen-bond acceptors (Lipinski definition) is 3. The third-order valence-electron chi connectivity index (χ3n) is 3.25. The second kappa shape index (κ2) is 5.29. The third kappa shape index (κ3) is 2.65. The van der Waals surface area contributed by atoms with Gasteiger partial charge in [-0.25, -0.2) is 0 Å².